The Bertz CT molecular complexity index is 320. The SMILES string of the molecule is Cc1cc(C2(C)CO2)cnc1Cl. The second-order valence-electron chi connectivity index (χ2n) is 3.35. The summed E-state index contributed by atoms with van der Waals surface area (Å²) in [6, 6.07) is 2.03. The van der Waals surface area contributed by atoms with Crippen molar-refractivity contribution in [3.63, 3.8) is 0 Å². The zero-order valence-corrected chi connectivity index (χ0v) is 7.85. The summed E-state index contributed by atoms with van der Waals surface area (Å²) in [6.07, 6.45) is 1.78. The maximum Gasteiger partial charge on any atom is 0.131 e. The lowest BCUT2D eigenvalue weighted by molar-refractivity contribution is 0.329. The molecule has 1 atom stereocenters. The molecule has 0 amide bonds. The van der Waals surface area contributed by atoms with Crippen molar-refractivity contribution in [3.05, 3.63) is 28.5 Å². The summed E-state index contributed by atoms with van der Waals surface area (Å²) in [6.45, 7) is 4.79. The number of aromatic nitrogens is 1. The second-order valence-corrected chi connectivity index (χ2v) is 3.71. The number of aryl methyl sites for hydroxylation is 1. The van der Waals surface area contributed by atoms with Crippen LogP contribution in [0.4, 0.5) is 0 Å². The van der Waals surface area contributed by atoms with E-state index >= 15 is 0 Å². The van der Waals surface area contributed by atoms with Crippen LogP contribution >= 0.6 is 11.6 Å². The van der Waals surface area contributed by atoms with Gasteiger partial charge < -0.3 is 4.74 Å². The van der Waals surface area contributed by atoms with Crippen molar-refractivity contribution >= 4 is 11.6 Å². The molecule has 3 heteroatoms. The molecule has 1 saturated heterocycles. The van der Waals surface area contributed by atoms with Gasteiger partial charge in [-0.15, -0.1) is 0 Å². The van der Waals surface area contributed by atoms with E-state index in [1.54, 1.807) is 6.20 Å². The average molecular weight is 184 g/mol. The van der Waals surface area contributed by atoms with Gasteiger partial charge in [0.1, 0.15) is 10.8 Å². The smallest absolute Gasteiger partial charge is 0.131 e. The highest BCUT2D eigenvalue weighted by Gasteiger charge is 2.41. The van der Waals surface area contributed by atoms with E-state index in [9.17, 15) is 0 Å². The van der Waals surface area contributed by atoms with Gasteiger partial charge in [-0.05, 0) is 25.5 Å². The van der Waals surface area contributed by atoms with E-state index in [2.05, 4.69) is 11.9 Å². The molecule has 2 rings (SSSR count). The molecule has 2 nitrogen and oxygen atoms in total. The second kappa shape index (κ2) is 2.44. The van der Waals surface area contributed by atoms with Crippen molar-refractivity contribution in [1.82, 2.24) is 4.98 Å². The molecular formula is C9H10ClNO. The van der Waals surface area contributed by atoms with Gasteiger partial charge in [-0.1, -0.05) is 11.6 Å². The third-order valence-corrected chi connectivity index (χ3v) is 2.60. The van der Waals surface area contributed by atoms with Gasteiger partial charge in [-0.3, -0.25) is 0 Å². The summed E-state index contributed by atoms with van der Waals surface area (Å²) in [5.74, 6) is 0. The summed E-state index contributed by atoms with van der Waals surface area (Å²) in [7, 11) is 0. The summed E-state index contributed by atoms with van der Waals surface area (Å²) >= 11 is 5.80. The predicted octanol–water partition coefficient (Wildman–Crippen LogP) is 2.29. The third-order valence-electron chi connectivity index (χ3n) is 2.20. The molecule has 64 valence electrons. The number of rotatable bonds is 1. The van der Waals surface area contributed by atoms with E-state index < -0.39 is 0 Å². The molecule has 0 radical (unpaired) electrons. The van der Waals surface area contributed by atoms with Crippen LogP contribution in [0.1, 0.15) is 18.1 Å². The monoisotopic (exact) mass is 183 g/mol. The zero-order chi connectivity index (χ0) is 8.77. The van der Waals surface area contributed by atoms with Gasteiger partial charge in [0.2, 0.25) is 0 Å². The Morgan fingerprint density at radius 3 is 2.83 bits per heavy atom. The summed E-state index contributed by atoms with van der Waals surface area (Å²) < 4.78 is 5.29. The Balaban J connectivity index is 2.41. The standard InChI is InChI=1S/C9H10ClNO/c1-6-3-7(4-11-8(6)10)9(2)5-12-9/h3-4H,5H2,1-2H3. The molecule has 1 fully saturated rings. The van der Waals surface area contributed by atoms with Crippen LogP contribution in [0.5, 0.6) is 0 Å². The Morgan fingerprint density at radius 2 is 2.33 bits per heavy atom. The van der Waals surface area contributed by atoms with E-state index in [1.165, 1.54) is 0 Å². The number of nitrogens with zero attached hydrogens (tertiary/aromatic N) is 1. The molecule has 0 spiro atoms. The number of hydrogen-bond acceptors (Lipinski definition) is 2. The van der Waals surface area contributed by atoms with E-state index in [4.69, 9.17) is 16.3 Å². The molecule has 0 saturated carbocycles. The Labute approximate surface area is 76.5 Å². The minimum absolute atomic E-state index is 0.0949. The fourth-order valence-corrected chi connectivity index (χ4v) is 1.23. The highest BCUT2D eigenvalue weighted by molar-refractivity contribution is 6.30. The van der Waals surface area contributed by atoms with Crippen molar-refractivity contribution in [2.24, 2.45) is 0 Å². The quantitative estimate of drug-likeness (QED) is 0.493. The van der Waals surface area contributed by atoms with Crippen LogP contribution in [0.15, 0.2) is 12.3 Å². The Hall–Kier alpha value is -0.600. The topological polar surface area (TPSA) is 25.4 Å². The lowest BCUT2D eigenvalue weighted by Crippen LogP contribution is -2.03. The summed E-state index contributed by atoms with van der Waals surface area (Å²) in [5, 5.41) is 0.572. The maximum absolute atomic E-state index is 5.80. The first-order chi connectivity index (χ1) is 5.62. The summed E-state index contributed by atoms with van der Waals surface area (Å²) in [4.78, 5) is 4.07. The molecule has 2 heterocycles. The lowest BCUT2D eigenvalue weighted by atomic mass is 10.0. The molecule has 1 aromatic rings. The van der Waals surface area contributed by atoms with Crippen LogP contribution in [-0.4, -0.2) is 11.6 Å². The fraction of sp³-hybridized carbons (Fsp3) is 0.444. The molecular weight excluding hydrogens is 174 g/mol. The Morgan fingerprint density at radius 1 is 1.67 bits per heavy atom. The van der Waals surface area contributed by atoms with Gasteiger partial charge in [-0.25, -0.2) is 4.98 Å². The molecule has 1 aliphatic rings. The predicted molar refractivity (Wildman–Crippen MR) is 47.3 cm³/mol. The molecule has 0 bridgehead atoms. The minimum Gasteiger partial charge on any atom is -0.365 e. The van der Waals surface area contributed by atoms with Crippen molar-refractivity contribution < 1.29 is 4.74 Å². The first-order valence-corrected chi connectivity index (χ1v) is 4.26. The lowest BCUT2D eigenvalue weighted by Gasteiger charge is -2.05. The van der Waals surface area contributed by atoms with Gasteiger partial charge in [0.25, 0.3) is 0 Å². The average Bonchev–Trinajstić information content (AvgIpc) is 2.75. The van der Waals surface area contributed by atoms with Crippen molar-refractivity contribution in [1.29, 1.82) is 0 Å². The molecule has 0 aliphatic carbocycles. The van der Waals surface area contributed by atoms with Crippen LogP contribution in [0.25, 0.3) is 0 Å². The van der Waals surface area contributed by atoms with E-state index in [-0.39, 0.29) is 5.60 Å². The van der Waals surface area contributed by atoms with Crippen molar-refractivity contribution in [2.75, 3.05) is 6.61 Å². The number of halogens is 1. The van der Waals surface area contributed by atoms with Crippen LogP contribution in [0, 0.1) is 6.92 Å². The molecule has 1 aliphatic heterocycles. The molecule has 0 N–H and O–H groups in total. The fourth-order valence-electron chi connectivity index (χ4n) is 1.12. The van der Waals surface area contributed by atoms with Gasteiger partial charge >= 0.3 is 0 Å². The highest BCUT2D eigenvalue weighted by atomic mass is 35.5. The van der Waals surface area contributed by atoms with Gasteiger partial charge in [-0.2, -0.15) is 0 Å². The number of ether oxygens (including phenoxy) is 1. The molecule has 1 unspecified atom stereocenters. The first-order valence-electron chi connectivity index (χ1n) is 3.88. The van der Waals surface area contributed by atoms with Crippen LogP contribution in [-0.2, 0) is 10.3 Å². The van der Waals surface area contributed by atoms with E-state index in [1.807, 2.05) is 13.0 Å². The van der Waals surface area contributed by atoms with Crippen molar-refractivity contribution in [3.8, 4) is 0 Å². The number of epoxide rings is 1. The molecule has 12 heavy (non-hydrogen) atoms. The van der Waals surface area contributed by atoms with E-state index in [0.29, 0.717) is 5.15 Å². The normalized spacial score (nSPS) is 27.2. The number of hydrogen-bond donors (Lipinski definition) is 0. The molecule has 0 aromatic carbocycles. The van der Waals surface area contributed by atoms with E-state index in [0.717, 1.165) is 17.7 Å². The van der Waals surface area contributed by atoms with Gasteiger partial charge in [0, 0.05) is 11.8 Å². The summed E-state index contributed by atoms with van der Waals surface area (Å²) in [5.41, 5.74) is 2.03. The number of pyridine rings is 1. The van der Waals surface area contributed by atoms with Crippen LogP contribution < -0.4 is 0 Å². The largest absolute Gasteiger partial charge is 0.365 e. The maximum atomic E-state index is 5.80. The third kappa shape index (κ3) is 1.21. The van der Waals surface area contributed by atoms with Gasteiger partial charge in [0.15, 0.2) is 0 Å². The van der Waals surface area contributed by atoms with Crippen molar-refractivity contribution in [2.45, 2.75) is 19.4 Å². The Kier molecular flexibility index (Phi) is 1.63. The highest BCUT2D eigenvalue weighted by Crippen LogP contribution is 2.38. The van der Waals surface area contributed by atoms with Crippen LogP contribution in [0.2, 0.25) is 5.15 Å². The molecule has 1 aromatic heterocycles. The van der Waals surface area contributed by atoms with Gasteiger partial charge in [0.05, 0.1) is 6.61 Å². The van der Waals surface area contributed by atoms with Crippen LogP contribution in [0.3, 0.4) is 0 Å². The first kappa shape index (κ1) is 8.02. The zero-order valence-electron chi connectivity index (χ0n) is 7.10. The minimum atomic E-state index is -0.0949.